The number of amides is 1. The topological polar surface area (TPSA) is 85.0 Å². The molecule has 0 atom stereocenters. The zero-order chi connectivity index (χ0) is 25.4. The molecule has 0 fully saturated rings. The highest BCUT2D eigenvalue weighted by Crippen LogP contribution is 2.19. The monoisotopic (exact) mass is 473 g/mol. The Morgan fingerprint density at radius 2 is 1.91 bits per heavy atom. The van der Waals surface area contributed by atoms with Gasteiger partial charge in [0.2, 0.25) is 17.3 Å². The number of nitrogens with two attached hydrogens (primary N) is 2. The van der Waals surface area contributed by atoms with Gasteiger partial charge >= 0.3 is 0 Å². The van der Waals surface area contributed by atoms with Crippen LogP contribution in [-0.4, -0.2) is 12.5 Å². The van der Waals surface area contributed by atoms with Crippen LogP contribution < -0.4 is 31.8 Å². The molecular weight excluding hydrogens is 432 g/mol. The molecule has 1 amide bonds. The van der Waals surface area contributed by atoms with Crippen molar-refractivity contribution in [2.45, 2.75) is 65.3 Å². The van der Waals surface area contributed by atoms with Gasteiger partial charge in [-0.25, -0.2) is 0 Å². The van der Waals surface area contributed by atoms with Crippen molar-refractivity contribution >= 4 is 24.6 Å². The summed E-state index contributed by atoms with van der Waals surface area (Å²) in [4.78, 5) is 12.1. The fraction of sp³-hybridized carbons (Fsp3) is 0.400. The fourth-order valence-electron chi connectivity index (χ4n) is 4.65. The summed E-state index contributed by atoms with van der Waals surface area (Å²) in [7, 11) is 0. The van der Waals surface area contributed by atoms with Crippen molar-refractivity contribution in [1.82, 2.24) is 5.32 Å². The largest absolute Gasteiger partial charge is 0.402 e. The summed E-state index contributed by atoms with van der Waals surface area (Å²) in [5.41, 5.74) is 18.3. The molecule has 5 heteroatoms. The van der Waals surface area contributed by atoms with Crippen molar-refractivity contribution in [3.05, 3.63) is 70.0 Å². The van der Waals surface area contributed by atoms with Crippen molar-refractivity contribution in [3.8, 4) is 11.3 Å². The Kier molecular flexibility index (Phi) is 9.30. The van der Waals surface area contributed by atoms with Crippen LogP contribution in [-0.2, 0) is 17.8 Å². The summed E-state index contributed by atoms with van der Waals surface area (Å²) in [6.07, 6.45) is 10.1. The van der Waals surface area contributed by atoms with Gasteiger partial charge in [-0.05, 0) is 61.4 Å². The Labute approximate surface area is 209 Å². The lowest BCUT2D eigenvalue weighted by molar-refractivity contribution is -0.689. The number of nitrogens with zero attached hydrogens (tertiary/aromatic N) is 1. The van der Waals surface area contributed by atoms with E-state index < -0.39 is 0 Å². The first-order valence-corrected chi connectivity index (χ1v) is 12.8. The summed E-state index contributed by atoms with van der Waals surface area (Å²) in [5, 5.41) is 5.04. The predicted octanol–water partition coefficient (Wildman–Crippen LogP) is 3.27. The molecule has 1 heterocycles. The van der Waals surface area contributed by atoms with Gasteiger partial charge in [-0.1, -0.05) is 45.2 Å². The molecule has 1 aliphatic rings. The van der Waals surface area contributed by atoms with Crippen LogP contribution in [0.1, 0.15) is 63.6 Å². The summed E-state index contributed by atoms with van der Waals surface area (Å²) < 4.78 is 2.36. The van der Waals surface area contributed by atoms with E-state index >= 15 is 0 Å². The number of fused-ring (bicyclic) bond motifs is 1. The van der Waals surface area contributed by atoms with Gasteiger partial charge in [0.15, 0.2) is 0 Å². The van der Waals surface area contributed by atoms with Gasteiger partial charge in [0.25, 0.3) is 0 Å². The van der Waals surface area contributed by atoms with E-state index in [1.807, 2.05) is 24.3 Å². The smallest absolute Gasteiger partial charge is 0.220 e. The van der Waals surface area contributed by atoms with E-state index in [4.69, 9.17) is 11.5 Å². The number of pyridine rings is 1. The van der Waals surface area contributed by atoms with Crippen molar-refractivity contribution in [2.24, 2.45) is 17.4 Å². The average molecular weight is 474 g/mol. The minimum atomic E-state index is 0.149. The maximum atomic E-state index is 12.1. The number of benzene rings is 1. The molecule has 5 nitrogen and oxygen atoms in total. The van der Waals surface area contributed by atoms with Gasteiger partial charge in [0.1, 0.15) is 6.54 Å². The van der Waals surface area contributed by atoms with E-state index in [1.165, 1.54) is 5.56 Å². The first kappa shape index (κ1) is 26.3. The molecule has 1 aromatic heterocycles. The molecule has 186 valence electrons. The number of hydrogen-bond acceptors (Lipinski definition) is 3. The zero-order valence-corrected chi connectivity index (χ0v) is 21.4. The molecule has 3 rings (SSSR count). The summed E-state index contributed by atoms with van der Waals surface area (Å²) in [5.74, 6) is 0.750. The highest BCUT2D eigenvalue weighted by atomic mass is 16.1. The Bertz CT molecular complexity index is 1200. The van der Waals surface area contributed by atoms with Crippen LogP contribution >= 0.6 is 0 Å². The second-order valence-electron chi connectivity index (χ2n) is 9.90. The summed E-state index contributed by atoms with van der Waals surface area (Å²) in [6, 6.07) is 10.3. The van der Waals surface area contributed by atoms with Gasteiger partial charge in [-0.15, -0.1) is 0 Å². The van der Waals surface area contributed by atoms with Gasteiger partial charge in [0, 0.05) is 48.0 Å². The normalized spacial score (nSPS) is 13.5. The molecule has 0 saturated heterocycles. The van der Waals surface area contributed by atoms with Gasteiger partial charge < -0.3 is 16.8 Å². The molecule has 0 unspecified atom stereocenters. The fourth-order valence-corrected chi connectivity index (χ4v) is 4.65. The third kappa shape index (κ3) is 7.08. The SMILES string of the molecule is C=C(N)/C=c1/c(-c2ccccc2)[n+](CCCCCC(=O)NCCC(C)C)c2c(c1=C)CCC(N)=C2. The minimum absolute atomic E-state index is 0.149. The molecule has 0 aliphatic heterocycles. The van der Waals surface area contributed by atoms with Crippen LogP contribution in [0.4, 0.5) is 0 Å². The average Bonchev–Trinajstić information content (AvgIpc) is 2.81. The number of nitrogens with one attached hydrogen (secondary N) is 1. The van der Waals surface area contributed by atoms with Gasteiger partial charge in [-0.2, -0.15) is 4.57 Å². The van der Waals surface area contributed by atoms with E-state index in [0.29, 0.717) is 18.0 Å². The lowest BCUT2D eigenvalue weighted by atomic mass is 9.93. The molecule has 0 radical (unpaired) electrons. The third-order valence-electron chi connectivity index (χ3n) is 6.51. The quantitative estimate of drug-likeness (QED) is 0.346. The maximum Gasteiger partial charge on any atom is 0.220 e. The Balaban J connectivity index is 1.88. The molecular formula is C30H41N4O+. The van der Waals surface area contributed by atoms with Crippen molar-refractivity contribution in [1.29, 1.82) is 0 Å². The molecule has 0 bridgehead atoms. The number of rotatable bonds is 11. The van der Waals surface area contributed by atoms with Crippen LogP contribution in [0.5, 0.6) is 0 Å². The highest BCUT2D eigenvalue weighted by Gasteiger charge is 2.26. The summed E-state index contributed by atoms with van der Waals surface area (Å²) >= 11 is 0. The van der Waals surface area contributed by atoms with E-state index in [2.05, 4.69) is 55.1 Å². The van der Waals surface area contributed by atoms with Crippen molar-refractivity contribution in [2.75, 3.05) is 6.54 Å². The number of aromatic nitrogens is 1. The molecule has 0 saturated carbocycles. The molecule has 35 heavy (non-hydrogen) atoms. The lowest BCUT2D eigenvalue weighted by Gasteiger charge is -2.17. The van der Waals surface area contributed by atoms with Gasteiger partial charge in [-0.3, -0.25) is 4.79 Å². The number of carbonyl (C=O) groups is 1. The first-order valence-electron chi connectivity index (χ1n) is 12.8. The molecule has 0 spiro atoms. The third-order valence-corrected chi connectivity index (χ3v) is 6.51. The van der Waals surface area contributed by atoms with Crippen LogP contribution in [0.25, 0.3) is 30.0 Å². The zero-order valence-electron chi connectivity index (χ0n) is 21.4. The van der Waals surface area contributed by atoms with Crippen LogP contribution in [0.3, 0.4) is 0 Å². The van der Waals surface area contributed by atoms with Crippen molar-refractivity contribution < 1.29 is 9.36 Å². The standard InChI is InChI=1S/C30H40N4O/c1-21(2)16-17-33-29(35)13-9-6-10-18-34-28-20-25(32)14-15-26(28)23(4)27(19-22(3)31)30(34)24-11-7-5-8-12-24/h5,7-8,11-12,19-21H,3-4,6,9-10,13-18,31-32H2,1-2H3/p+1/b27-19+. The summed E-state index contributed by atoms with van der Waals surface area (Å²) in [6.45, 7) is 14.3. The van der Waals surface area contributed by atoms with E-state index in [9.17, 15) is 4.79 Å². The predicted molar refractivity (Wildman–Crippen MR) is 146 cm³/mol. The number of allylic oxidation sites excluding steroid dienone is 2. The van der Waals surface area contributed by atoms with Gasteiger partial charge in [0.05, 0.1) is 5.22 Å². The highest BCUT2D eigenvalue weighted by molar-refractivity contribution is 5.75. The Morgan fingerprint density at radius 3 is 2.60 bits per heavy atom. The van der Waals surface area contributed by atoms with Crippen LogP contribution in [0, 0.1) is 5.92 Å². The number of carbonyl (C=O) groups excluding carboxylic acids is 1. The van der Waals surface area contributed by atoms with Crippen LogP contribution in [0.15, 0.2) is 48.3 Å². The van der Waals surface area contributed by atoms with Crippen molar-refractivity contribution in [3.63, 3.8) is 0 Å². The Hall–Kier alpha value is -3.34. The van der Waals surface area contributed by atoms with E-state index in [1.54, 1.807) is 0 Å². The number of unbranched alkanes of at least 4 members (excludes halogenated alkanes) is 2. The Morgan fingerprint density at radius 1 is 1.17 bits per heavy atom. The number of hydrogen-bond donors (Lipinski definition) is 3. The maximum absolute atomic E-state index is 12.1. The van der Waals surface area contributed by atoms with E-state index in [-0.39, 0.29) is 5.91 Å². The molecule has 1 aromatic carbocycles. The second-order valence-corrected chi connectivity index (χ2v) is 9.90. The van der Waals surface area contributed by atoms with Crippen LogP contribution in [0.2, 0.25) is 0 Å². The molecule has 5 N–H and O–H groups in total. The molecule has 2 aromatic rings. The minimum Gasteiger partial charge on any atom is -0.402 e. The second kappa shape index (κ2) is 12.4. The lowest BCUT2D eigenvalue weighted by Crippen LogP contribution is -2.51. The first-order chi connectivity index (χ1) is 16.8. The molecule has 1 aliphatic carbocycles. The van der Waals surface area contributed by atoms with E-state index in [0.717, 1.165) is 84.7 Å².